The molecule has 1 heterocycles. The van der Waals surface area contributed by atoms with Crippen LogP contribution in [0.3, 0.4) is 0 Å². The van der Waals surface area contributed by atoms with Gasteiger partial charge in [-0.1, -0.05) is 58.0 Å². The lowest BCUT2D eigenvalue weighted by Gasteiger charge is -2.31. The molecule has 0 aliphatic rings. The van der Waals surface area contributed by atoms with Crippen molar-refractivity contribution in [1.82, 2.24) is 15.1 Å². The number of fused-ring (bicyclic) bond motifs is 1. The highest BCUT2D eigenvalue weighted by Gasteiger charge is 2.30. The van der Waals surface area contributed by atoms with Crippen LogP contribution in [-0.4, -0.2) is 41.0 Å². The second-order valence-corrected chi connectivity index (χ2v) is 8.88. The van der Waals surface area contributed by atoms with E-state index in [4.69, 9.17) is 11.0 Å². The second-order valence-electron chi connectivity index (χ2n) is 8.88. The highest BCUT2D eigenvalue weighted by molar-refractivity contribution is 6.06. The number of hydrogen-bond donors (Lipinski definition) is 2. The van der Waals surface area contributed by atoms with Gasteiger partial charge in [-0.3, -0.25) is 14.5 Å². The topological polar surface area (TPSA) is 109 Å². The third-order valence-electron chi connectivity index (χ3n) is 5.20. The number of amides is 1. The molecule has 1 atom stereocenters. The molecular weight excluding hydrogens is 412 g/mol. The van der Waals surface area contributed by atoms with Crippen LogP contribution in [0, 0.1) is 16.7 Å². The summed E-state index contributed by atoms with van der Waals surface area (Å²) in [5.74, 6) is -0.215. The van der Waals surface area contributed by atoms with E-state index in [0.29, 0.717) is 17.8 Å². The molecule has 0 bridgehead atoms. The minimum absolute atomic E-state index is 0.180. The maximum Gasteiger partial charge on any atom is 0.272 e. The Morgan fingerprint density at radius 1 is 1.21 bits per heavy atom. The lowest BCUT2D eigenvalue weighted by molar-refractivity contribution is 0.0920. The monoisotopic (exact) mass is 446 g/mol. The summed E-state index contributed by atoms with van der Waals surface area (Å²) in [5.41, 5.74) is 8.45. The van der Waals surface area contributed by atoms with Crippen LogP contribution in [0.2, 0.25) is 0 Å². The van der Waals surface area contributed by atoms with E-state index in [9.17, 15) is 4.79 Å². The van der Waals surface area contributed by atoms with E-state index in [0.717, 1.165) is 28.7 Å². The van der Waals surface area contributed by atoms with Crippen LogP contribution >= 0.6 is 0 Å². The van der Waals surface area contributed by atoms with Crippen molar-refractivity contribution in [1.29, 1.82) is 5.26 Å². The molecule has 0 fully saturated rings. The molecule has 0 aliphatic heterocycles. The number of nitrogens with one attached hydrogen (secondary N) is 1. The summed E-state index contributed by atoms with van der Waals surface area (Å²) < 4.78 is 1.83. The number of carbonyl (C=O) groups is 1. The Hall–Kier alpha value is -3.50. The zero-order chi connectivity index (χ0) is 24.6. The third kappa shape index (κ3) is 6.50. The number of carbonyl (C=O) groups excluding carboxylic acids is 1. The molecule has 3 rings (SSSR count). The lowest BCUT2D eigenvalue weighted by Crippen LogP contribution is -2.48. The summed E-state index contributed by atoms with van der Waals surface area (Å²) >= 11 is 0. The van der Waals surface area contributed by atoms with Crippen molar-refractivity contribution in [2.24, 2.45) is 16.1 Å². The molecule has 3 N–H and O–H groups in total. The van der Waals surface area contributed by atoms with Gasteiger partial charge in [0.1, 0.15) is 0 Å². The Kier molecular flexibility index (Phi) is 8.89. The van der Waals surface area contributed by atoms with Gasteiger partial charge in [0.25, 0.3) is 5.91 Å². The van der Waals surface area contributed by atoms with Gasteiger partial charge in [0.15, 0.2) is 5.69 Å². The molecule has 174 valence electrons. The van der Waals surface area contributed by atoms with E-state index < -0.39 is 0 Å². The molecule has 33 heavy (non-hydrogen) atoms. The van der Waals surface area contributed by atoms with Crippen LogP contribution in [0.4, 0.5) is 0 Å². The summed E-state index contributed by atoms with van der Waals surface area (Å²) in [5, 5.41) is 17.6. The predicted molar refractivity (Wildman–Crippen MR) is 134 cm³/mol. The number of para-hydroxylation sites is 1. The fraction of sp³-hybridized carbons (Fsp3) is 0.385. The van der Waals surface area contributed by atoms with Crippen molar-refractivity contribution in [3.05, 3.63) is 65.4 Å². The smallest absolute Gasteiger partial charge is 0.272 e. The summed E-state index contributed by atoms with van der Waals surface area (Å²) in [6, 6.07) is 17.0. The van der Waals surface area contributed by atoms with Crippen LogP contribution in [0.15, 0.2) is 53.5 Å². The van der Waals surface area contributed by atoms with Crippen molar-refractivity contribution in [2.45, 2.75) is 47.2 Å². The van der Waals surface area contributed by atoms with Crippen LogP contribution in [-0.2, 0) is 6.54 Å². The number of benzene rings is 2. The van der Waals surface area contributed by atoms with Crippen molar-refractivity contribution in [3.8, 4) is 6.07 Å². The van der Waals surface area contributed by atoms with Gasteiger partial charge in [-0.05, 0) is 42.6 Å². The highest BCUT2D eigenvalue weighted by Crippen LogP contribution is 2.23. The molecule has 0 saturated heterocycles. The van der Waals surface area contributed by atoms with Gasteiger partial charge in [-0.25, -0.2) is 0 Å². The van der Waals surface area contributed by atoms with Gasteiger partial charge in [0, 0.05) is 18.1 Å². The van der Waals surface area contributed by atoms with Gasteiger partial charge in [-0.2, -0.15) is 10.4 Å². The molecule has 0 radical (unpaired) electrons. The minimum Gasteiger partial charge on any atom is -0.342 e. The zero-order valence-electron chi connectivity index (χ0n) is 20.4. The van der Waals surface area contributed by atoms with Crippen molar-refractivity contribution in [3.63, 3.8) is 0 Å². The number of aliphatic imine (C=N–C) groups is 1. The predicted octanol–water partition coefficient (Wildman–Crippen LogP) is 4.16. The Morgan fingerprint density at radius 2 is 1.82 bits per heavy atom. The van der Waals surface area contributed by atoms with Crippen molar-refractivity contribution < 1.29 is 4.79 Å². The maximum absolute atomic E-state index is 13.2. The molecule has 2 aromatic carbocycles. The largest absolute Gasteiger partial charge is 0.342 e. The second kappa shape index (κ2) is 11.4. The number of nitrogens with zero attached hydrogens (tertiary/aromatic N) is 4. The first-order valence-corrected chi connectivity index (χ1v) is 11.0. The minimum atomic E-state index is -0.215. The van der Waals surface area contributed by atoms with Gasteiger partial charge in [0.2, 0.25) is 0 Å². The van der Waals surface area contributed by atoms with Crippen molar-refractivity contribution >= 4 is 22.5 Å². The van der Waals surface area contributed by atoms with E-state index in [-0.39, 0.29) is 17.4 Å². The molecule has 0 aliphatic carbocycles. The number of rotatable bonds is 5. The normalized spacial score (nSPS) is 12.5. The average molecular weight is 447 g/mol. The number of nitrogens with two attached hydrogens (primary N) is 1. The summed E-state index contributed by atoms with van der Waals surface area (Å²) in [7, 11) is 1.74. The first-order chi connectivity index (χ1) is 15.7. The van der Waals surface area contributed by atoms with E-state index in [2.05, 4.69) is 42.2 Å². The summed E-state index contributed by atoms with van der Waals surface area (Å²) in [6.45, 7) is 11.3. The number of aromatic nitrogens is 2. The first kappa shape index (κ1) is 25.8. The molecule has 1 amide bonds. The summed E-state index contributed by atoms with van der Waals surface area (Å²) in [4.78, 5) is 17.5. The quantitative estimate of drug-likeness (QED) is 0.574. The maximum atomic E-state index is 13.2. The molecule has 7 nitrogen and oxygen atoms in total. The molecule has 3 aromatic rings. The average Bonchev–Trinajstić information content (AvgIpc) is 3.15. The van der Waals surface area contributed by atoms with Gasteiger partial charge < -0.3 is 11.1 Å². The first-order valence-electron chi connectivity index (χ1n) is 11.0. The Labute approximate surface area is 196 Å². The molecule has 7 heteroatoms. The molecular formula is C26H34N6O. The summed E-state index contributed by atoms with van der Waals surface area (Å²) in [6.07, 6.45) is 0. The van der Waals surface area contributed by atoms with Gasteiger partial charge in [0.05, 0.1) is 29.7 Å². The fourth-order valence-corrected chi connectivity index (χ4v) is 3.55. The SMILES string of the molecule is CCN.CN=C(C)[C@@H](NC(=O)c1nn(Cc2ccc(C#N)cc2)c2ccccc12)C(C)(C)C. The van der Waals surface area contributed by atoms with Crippen molar-refractivity contribution in [2.75, 3.05) is 13.6 Å². The van der Waals surface area contributed by atoms with E-state index in [1.807, 2.05) is 54.9 Å². The van der Waals surface area contributed by atoms with Crippen LogP contribution in [0.25, 0.3) is 10.9 Å². The number of hydrogen-bond acceptors (Lipinski definition) is 5. The van der Waals surface area contributed by atoms with Gasteiger partial charge >= 0.3 is 0 Å². The third-order valence-corrected chi connectivity index (χ3v) is 5.20. The zero-order valence-corrected chi connectivity index (χ0v) is 20.4. The van der Waals surface area contributed by atoms with E-state index >= 15 is 0 Å². The standard InChI is InChI=1S/C24H27N5O.C2H7N/c1-16(26-5)22(24(2,3)4)27-23(30)21-19-8-6-7-9-20(19)29(28-21)15-18-12-10-17(14-25)11-13-18;1-2-3/h6-13,22H,15H2,1-5H3,(H,27,30);2-3H2,1H3/t22-;/m1./s1. The molecule has 0 spiro atoms. The lowest BCUT2D eigenvalue weighted by atomic mass is 9.84. The van der Waals surface area contributed by atoms with Crippen LogP contribution in [0.1, 0.15) is 56.2 Å². The molecule has 0 saturated carbocycles. The number of nitriles is 1. The Bertz CT molecular complexity index is 1150. The Morgan fingerprint density at radius 3 is 2.36 bits per heavy atom. The van der Waals surface area contributed by atoms with Gasteiger partial charge in [-0.15, -0.1) is 0 Å². The molecule has 0 unspecified atom stereocenters. The highest BCUT2D eigenvalue weighted by atomic mass is 16.2. The molecule has 1 aromatic heterocycles. The fourth-order valence-electron chi connectivity index (χ4n) is 3.55. The van der Waals surface area contributed by atoms with Crippen LogP contribution in [0.5, 0.6) is 0 Å². The van der Waals surface area contributed by atoms with E-state index in [1.165, 1.54) is 0 Å². The van der Waals surface area contributed by atoms with Crippen LogP contribution < -0.4 is 11.1 Å². The Balaban J connectivity index is 0.00000122. The van der Waals surface area contributed by atoms with E-state index in [1.54, 1.807) is 19.2 Å².